The van der Waals surface area contributed by atoms with Crippen molar-refractivity contribution in [2.75, 3.05) is 5.32 Å². The third-order valence-electron chi connectivity index (χ3n) is 1.92. The molecule has 1 amide bonds. The van der Waals surface area contributed by atoms with E-state index in [1.807, 2.05) is 12.1 Å². The second-order valence-electron chi connectivity index (χ2n) is 2.86. The van der Waals surface area contributed by atoms with Crippen LogP contribution in [0.1, 0.15) is 5.56 Å². The lowest BCUT2D eigenvalue weighted by Gasteiger charge is -2.15. The molecule has 1 aromatic carbocycles. The molecule has 2 rings (SSSR count). The van der Waals surface area contributed by atoms with E-state index in [2.05, 4.69) is 21.2 Å². The van der Waals surface area contributed by atoms with E-state index >= 15 is 0 Å². The molecular weight excluding hydrogens is 234 g/mol. The number of carbonyl (C=O) groups excluding carboxylic acids is 2. The molecule has 13 heavy (non-hydrogen) atoms. The van der Waals surface area contributed by atoms with Crippen molar-refractivity contribution < 1.29 is 9.59 Å². The Morgan fingerprint density at radius 2 is 2.08 bits per heavy atom. The van der Waals surface area contributed by atoms with E-state index in [0.29, 0.717) is 0 Å². The van der Waals surface area contributed by atoms with Crippen LogP contribution < -0.4 is 5.32 Å². The number of Topliss-reactive ketones (excluding diaryl/α,β-unsaturated/α-hetero) is 1. The molecule has 0 unspecified atom stereocenters. The van der Waals surface area contributed by atoms with Gasteiger partial charge in [-0.05, 0) is 23.8 Å². The number of amides is 1. The van der Waals surface area contributed by atoms with E-state index in [0.717, 1.165) is 15.7 Å². The predicted molar refractivity (Wildman–Crippen MR) is 51.5 cm³/mol. The Hall–Kier alpha value is -1.16. The molecule has 1 N–H and O–H groups in total. The average Bonchev–Trinajstić information content (AvgIpc) is 2.08. The van der Waals surface area contributed by atoms with Gasteiger partial charge in [0.1, 0.15) is 0 Å². The minimum Gasteiger partial charge on any atom is -0.319 e. The van der Waals surface area contributed by atoms with E-state index in [1.54, 1.807) is 6.07 Å². The van der Waals surface area contributed by atoms with Crippen LogP contribution in [0.2, 0.25) is 0 Å². The standard InChI is InChI=1S/C9H6BrNO2/c10-6-1-2-7-5(3-6)4-8(12)9(13)11-7/h1-3H,4H2,(H,11,13). The molecule has 1 heterocycles. The number of hydrogen-bond donors (Lipinski definition) is 1. The van der Waals surface area contributed by atoms with Crippen LogP contribution in [-0.2, 0) is 16.0 Å². The lowest BCUT2D eigenvalue weighted by atomic mass is 10.0. The SMILES string of the molecule is O=C1Cc2cc(Br)ccc2NC1=O. The number of ketones is 1. The first kappa shape index (κ1) is 8.44. The molecule has 1 aliphatic heterocycles. The summed E-state index contributed by atoms with van der Waals surface area (Å²) in [7, 11) is 0. The van der Waals surface area contributed by atoms with Crippen molar-refractivity contribution in [3.63, 3.8) is 0 Å². The molecule has 1 aliphatic rings. The first-order chi connectivity index (χ1) is 6.16. The Balaban J connectivity index is 2.48. The van der Waals surface area contributed by atoms with Crippen LogP contribution in [0.5, 0.6) is 0 Å². The van der Waals surface area contributed by atoms with Gasteiger partial charge in [0, 0.05) is 16.6 Å². The van der Waals surface area contributed by atoms with Gasteiger partial charge in [-0.3, -0.25) is 9.59 Å². The van der Waals surface area contributed by atoms with Crippen LogP contribution in [0, 0.1) is 0 Å². The fourth-order valence-electron chi connectivity index (χ4n) is 1.28. The fraction of sp³-hybridized carbons (Fsp3) is 0.111. The second-order valence-corrected chi connectivity index (χ2v) is 3.77. The van der Waals surface area contributed by atoms with Crippen LogP contribution in [0.15, 0.2) is 22.7 Å². The second kappa shape index (κ2) is 2.96. The molecule has 0 spiro atoms. The monoisotopic (exact) mass is 239 g/mol. The van der Waals surface area contributed by atoms with Gasteiger partial charge in [-0.15, -0.1) is 0 Å². The lowest BCUT2D eigenvalue weighted by Crippen LogP contribution is -2.29. The molecule has 1 aromatic rings. The quantitative estimate of drug-likeness (QED) is 0.698. The van der Waals surface area contributed by atoms with Crippen LogP contribution in [0.3, 0.4) is 0 Å². The highest BCUT2D eigenvalue weighted by Crippen LogP contribution is 2.24. The van der Waals surface area contributed by atoms with Crippen molar-refractivity contribution >= 4 is 33.3 Å². The van der Waals surface area contributed by atoms with E-state index in [4.69, 9.17) is 0 Å². The van der Waals surface area contributed by atoms with Crippen molar-refractivity contribution in [1.29, 1.82) is 0 Å². The maximum atomic E-state index is 11.0. The van der Waals surface area contributed by atoms with Crippen molar-refractivity contribution in [3.05, 3.63) is 28.2 Å². The topological polar surface area (TPSA) is 46.2 Å². The van der Waals surface area contributed by atoms with E-state index in [-0.39, 0.29) is 12.2 Å². The van der Waals surface area contributed by atoms with Gasteiger partial charge in [-0.1, -0.05) is 15.9 Å². The number of nitrogens with one attached hydrogen (secondary N) is 1. The maximum Gasteiger partial charge on any atom is 0.292 e. The van der Waals surface area contributed by atoms with Gasteiger partial charge in [0.05, 0.1) is 0 Å². The first-order valence-corrected chi connectivity index (χ1v) is 4.59. The highest BCUT2D eigenvalue weighted by molar-refractivity contribution is 9.10. The summed E-state index contributed by atoms with van der Waals surface area (Å²) in [5.41, 5.74) is 1.59. The summed E-state index contributed by atoms with van der Waals surface area (Å²) in [6.45, 7) is 0. The number of hydrogen-bond acceptors (Lipinski definition) is 2. The molecule has 0 saturated carbocycles. The summed E-state index contributed by atoms with van der Waals surface area (Å²) in [4.78, 5) is 22.0. The Morgan fingerprint density at radius 1 is 1.31 bits per heavy atom. The minimum atomic E-state index is -0.519. The molecule has 0 fully saturated rings. The predicted octanol–water partition coefficient (Wildman–Crippen LogP) is 1.51. The zero-order valence-corrected chi connectivity index (χ0v) is 8.22. The van der Waals surface area contributed by atoms with Gasteiger partial charge in [0.15, 0.2) is 0 Å². The third kappa shape index (κ3) is 1.49. The Morgan fingerprint density at radius 3 is 2.85 bits per heavy atom. The normalized spacial score (nSPS) is 15.2. The van der Waals surface area contributed by atoms with Gasteiger partial charge in [-0.25, -0.2) is 0 Å². The number of rotatable bonds is 0. The molecule has 0 aromatic heterocycles. The van der Waals surface area contributed by atoms with Crippen LogP contribution >= 0.6 is 15.9 Å². The molecule has 0 saturated heterocycles. The largest absolute Gasteiger partial charge is 0.319 e. The van der Waals surface area contributed by atoms with Gasteiger partial charge in [0.25, 0.3) is 5.91 Å². The molecule has 4 heteroatoms. The van der Waals surface area contributed by atoms with Gasteiger partial charge in [0.2, 0.25) is 5.78 Å². The molecule has 0 radical (unpaired) electrons. The summed E-state index contributed by atoms with van der Waals surface area (Å²) < 4.78 is 0.912. The molecule has 0 bridgehead atoms. The summed E-state index contributed by atoms with van der Waals surface area (Å²) >= 11 is 3.30. The van der Waals surface area contributed by atoms with Crippen LogP contribution in [-0.4, -0.2) is 11.7 Å². The number of anilines is 1. The Bertz CT molecular complexity index is 401. The number of halogens is 1. The highest BCUT2D eigenvalue weighted by atomic mass is 79.9. The minimum absolute atomic E-state index is 0.195. The summed E-state index contributed by atoms with van der Waals surface area (Å²) in [6.07, 6.45) is 0.195. The van der Waals surface area contributed by atoms with Gasteiger partial charge < -0.3 is 5.32 Å². The lowest BCUT2D eigenvalue weighted by molar-refractivity contribution is -0.134. The molecule has 0 aliphatic carbocycles. The van der Waals surface area contributed by atoms with Crippen LogP contribution in [0.25, 0.3) is 0 Å². The van der Waals surface area contributed by atoms with Crippen molar-refractivity contribution in [1.82, 2.24) is 0 Å². The van der Waals surface area contributed by atoms with Gasteiger partial charge in [-0.2, -0.15) is 0 Å². The molecular formula is C9H6BrNO2. The Kier molecular flexibility index (Phi) is 1.92. The van der Waals surface area contributed by atoms with Crippen molar-refractivity contribution in [2.45, 2.75) is 6.42 Å². The average molecular weight is 240 g/mol. The molecule has 66 valence electrons. The summed E-state index contributed by atoms with van der Waals surface area (Å²) in [6, 6.07) is 5.45. The van der Waals surface area contributed by atoms with E-state index < -0.39 is 5.91 Å². The smallest absolute Gasteiger partial charge is 0.292 e. The van der Waals surface area contributed by atoms with E-state index in [1.165, 1.54) is 0 Å². The summed E-state index contributed by atoms with van der Waals surface area (Å²) in [5.74, 6) is -0.902. The number of fused-ring (bicyclic) bond motifs is 1. The highest BCUT2D eigenvalue weighted by Gasteiger charge is 2.22. The first-order valence-electron chi connectivity index (χ1n) is 3.79. The third-order valence-corrected chi connectivity index (χ3v) is 2.41. The van der Waals surface area contributed by atoms with Crippen molar-refractivity contribution in [3.8, 4) is 0 Å². The van der Waals surface area contributed by atoms with E-state index in [9.17, 15) is 9.59 Å². The Labute approximate surface area is 83.3 Å². The number of carbonyl (C=O) groups is 2. The molecule has 0 atom stereocenters. The fourth-order valence-corrected chi connectivity index (χ4v) is 1.68. The van der Waals surface area contributed by atoms with Crippen LogP contribution in [0.4, 0.5) is 5.69 Å². The van der Waals surface area contributed by atoms with Gasteiger partial charge >= 0.3 is 0 Å². The molecule has 3 nitrogen and oxygen atoms in total. The number of benzene rings is 1. The zero-order chi connectivity index (χ0) is 9.42. The van der Waals surface area contributed by atoms with Crippen molar-refractivity contribution in [2.24, 2.45) is 0 Å². The maximum absolute atomic E-state index is 11.0. The summed E-state index contributed by atoms with van der Waals surface area (Å²) in [5, 5.41) is 2.53. The zero-order valence-electron chi connectivity index (χ0n) is 6.63.